The van der Waals surface area contributed by atoms with Crippen LogP contribution in [0.15, 0.2) is 42.5 Å². The smallest absolute Gasteiger partial charge is 0.258 e. The summed E-state index contributed by atoms with van der Waals surface area (Å²) >= 11 is 0. The molecule has 0 atom stereocenters. The van der Waals surface area contributed by atoms with Crippen LogP contribution in [0.3, 0.4) is 0 Å². The number of halogens is 1. The number of para-hydroxylation sites is 1. The van der Waals surface area contributed by atoms with E-state index >= 15 is 0 Å². The van der Waals surface area contributed by atoms with Gasteiger partial charge in [-0.25, -0.2) is 0 Å². The lowest BCUT2D eigenvalue weighted by molar-refractivity contribution is -0.124. The molecule has 5 nitrogen and oxygen atoms in total. The van der Waals surface area contributed by atoms with E-state index in [1.807, 2.05) is 39.0 Å². The molecule has 0 aromatic heterocycles. The third-order valence-corrected chi connectivity index (χ3v) is 3.91. The van der Waals surface area contributed by atoms with Crippen molar-refractivity contribution in [3.63, 3.8) is 0 Å². The average molecular weight is 407 g/mol. The molecule has 0 aliphatic carbocycles. The molecule has 154 valence electrons. The van der Waals surface area contributed by atoms with Crippen molar-refractivity contribution in [2.24, 2.45) is 0 Å². The van der Waals surface area contributed by atoms with E-state index in [9.17, 15) is 4.79 Å². The molecule has 2 rings (SSSR count). The summed E-state index contributed by atoms with van der Waals surface area (Å²) in [5, 5.41) is 6.31. The monoisotopic (exact) mass is 406 g/mol. The molecule has 2 aromatic rings. The van der Waals surface area contributed by atoms with Crippen LogP contribution in [0.1, 0.15) is 37.5 Å². The van der Waals surface area contributed by atoms with Gasteiger partial charge in [0, 0.05) is 24.2 Å². The lowest BCUT2D eigenvalue weighted by atomic mass is 10.1. The number of benzene rings is 2. The summed E-state index contributed by atoms with van der Waals surface area (Å²) in [7, 11) is 1.60. The van der Waals surface area contributed by atoms with Crippen LogP contribution in [0.2, 0.25) is 0 Å². The van der Waals surface area contributed by atoms with Gasteiger partial charge in [-0.2, -0.15) is 0 Å². The molecule has 0 heterocycles. The van der Waals surface area contributed by atoms with Gasteiger partial charge in [0.25, 0.3) is 5.91 Å². The second-order valence-corrected chi connectivity index (χ2v) is 7.62. The lowest BCUT2D eigenvalue weighted by Crippen LogP contribution is -2.43. The summed E-state index contributed by atoms with van der Waals surface area (Å²) < 4.78 is 11.2. The standard InChI is InChI=1S/C22H30N2O3.ClH/c1-16-9-11-17(12-10-16)13-23-14-18-7-6-8-19(26-5)21(18)27-15-20(25)24-22(2,3)4;/h6-12,23H,13-15H2,1-5H3,(H,24,25);1H. The number of ether oxygens (including phenoxy) is 2. The van der Waals surface area contributed by atoms with Gasteiger partial charge >= 0.3 is 0 Å². The van der Waals surface area contributed by atoms with Crippen molar-refractivity contribution >= 4 is 18.3 Å². The Balaban J connectivity index is 0.00000392. The number of rotatable bonds is 8. The van der Waals surface area contributed by atoms with Crippen molar-refractivity contribution in [1.29, 1.82) is 0 Å². The van der Waals surface area contributed by atoms with Crippen LogP contribution in [0, 0.1) is 6.92 Å². The van der Waals surface area contributed by atoms with E-state index in [0.717, 1.165) is 12.1 Å². The highest BCUT2D eigenvalue weighted by atomic mass is 35.5. The third kappa shape index (κ3) is 7.79. The summed E-state index contributed by atoms with van der Waals surface area (Å²) in [5.74, 6) is 1.06. The molecule has 0 unspecified atom stereocenters. The van der Waals surface area contributed by atoms with Crippen molar-refractivity contribution in [3.05, 3.63) is 59.2 Å². The largest absolute Gasteiger partial charge is 0.493 e. The van der Waals surface area contributed by atoms with Gasteiger partial charge in [0.05, 0.1) is 7.11 Å². The Hall–Kier alpha value is -2.24. The lowest BCUT2D eigenvalue weighted by Gasteiger charge is -2.21. The zero-order valence-corrected chi connectivity index (χ0v) is 18.1. The molecule has 0 saturated heterocycles. The quantitative estimate of drug-likeness (QED) is 0.695. The van der Waals surface area contributed by atoms with Crippen LogP contribution in [-0.4, -0.2) is 25.2 Å². The minimum Gasteiger partial charge on any atom is -0.493 e. The molecule has 1 amide bonds. The first-order chi connectivity index (χ1) is 12.8. The number of hydrogen-bond donors (Lipinski definition) is 2. The minimum atomic E-state index is -0.292. The number of carbonyl (C=O) groups excluding carboxylic acids is 1. The summed E-state index contributed by atoms with van der Waals surface area (Å²) in [4.78, 5) is 12.1. The first-order valence-electron chi connectivity index (χ1n) is 9.14. The Labute approximate surface area is 174 Å². The molecule has 6 heteroatoms. The topological polar surface area (TPSA) is 59.6 Å². The van der Waals surface area contributed by atoms with Crippen molar-refractivity contribution in [1.82, 2.24) is 10.6 Å². The zero-order chi connectivity index (χ0) is 19.9. The molecule has 0 fully saturated rings. The SMILES string of the molecule is COc1cccc(CNCc2ccc(C)cc2)c1OCC(=O)NC(C)(C)C.Cl. The fourth-order valence-corrected chi connectivity index (χ4v) is 2.66. The fourth-order valence-electron chi connectivity index (χ4n) is 2.66. The maximum absolute atomic E-state index is 12.1. The van der Waals surface area contributed by atoms with Gasteiger partial charge in [-0.1, -0.05) is 42.0 Å². The molecule has 0 bridgehead atoms. The van der Waals surface area contributed by atoms with Crippen molar-refractivity contribution in [3.8, 4) is 11.5 Å². The van der Waals surface area contributed by atoms with Crippen molar-refractivity contribution in [2.75, 3.05) is 13.7 Å². The highest BCUT2D eigenvalue weighted by molar-refractivity contribution is 5.85. The maximum Gasteiger partial charge on any atom is 0.258 e. The van der Waals surface area contributed by atoms with E-state index in [1.165, 1.54) is 11.1 Å². The van der Waals surface area contributed by atoms with Crippen LogP contribution in [0.25, 0.3) is 0 Å². The highest BCUT2D eigenvalue weighted by Crippen LogP contribution is 2.31. The third-order valence-electron chi connectivity index (χ3n) is 3.91. The van der Waals surface area contributed by atoms with Gasteiger partial charge in [-0.05, 0) is 39.3 Å². The second-order valence-electron chi connectivity index (χ2n) is 7.62. The number of amides is 1. The number of hydrogen-bond acceptors (Lipinski definition) is 4. The molecule has 2 N–H and O–H groups in total. The Morgan fingerprint density at radius 1 is 1.04 bits per heavy atom. The maximum atomic E-state index is 12.1. The molecule has 28 heavy (non-hydrogen) atoms. The van der Waals surface area contributed by atoms with E-state index in [1.54, 1.807) is 7.11 Å². The number of nitrogens with one attached hydrogen (secondary N) is 2. The van der Waals surface area contributed by atoms with Gasteiger partial charge in [0.2, 0.25) is 0 Å². The Morgan fingerprint density at radius 2 is 1.71 bits per heavy atom. The molecule has 0 saturated carbocycles. The highest BCUT2D eigenvalue weighted by Gasteiger charge is 2.16. The van der Waals surface area contributed by atoms with Gasteiger partial charge in [-0.3, -0.25) is 4.79 Å². The summed E-state index contributed by atoms with van der Waals surface area (Å²) in [5.41, 5.74) is 3.12. The van der Waals surface area contributed by atoms with Crippen LogP contribution >= 0.6 is 12.4 Å². The fraction of sp³-hybridized carbons (Fsp3) is 0.409. The number of carbonyl (C=O) groups is 1. The summed E-state index contributed by atoms with van der Waals surface area (Å²) in [6.45, 7) is 9.20. The van der Waals surface area contributed by atoms with E-state index in [0.29, 0.717) is 18.0 Å². The molecule has 0 spiro atoms. The number of methoxy groups -OCH3 is 1. The molecule has 2 aromatic carbocycles. The van der Waals surface area contributed by atoms with E-state index in [-0.39, 0.29) is 30.5 Å². The van der Waals surface area contributed by atoms with Crippen molar-refractivity contribution in [2.45, 2.75) is 46.3 Å². The van der Waals surface area contributed by atoms with E-state index in [2.05, 4.69) is 41.8 Å². The number of aryl methyl sites for hydroxylation is 1. The first kappa shape index (κ1) is 23.8. The van der Waals surface area contributed by atoms with Gasteiger partial charge in [-0.15, -0.1) is 12.4 Å². The first-order valence-corrected chi connectivity index (χ1v) is 9.14. The molecular weight excluding hydrogens is 376 g/mol. The molecule has 0 aliphatic heterocycles. The van der Waals surface area contributed by atoms with E-state index < -0.39 is 0 Å². The predicted molar refractivity (Wildman–Crippen MR) is 115 cm³/mol. The Bertz CT molecular complexity index is 755. The van der Waals surface area contributed by atoms with Crippen LogP contribution in [0.4, 0.5) is 0 Å². The van der Waals surface area contributed by atoms with Gasteiger partial charge in [0.1, 0.15) is 0 Å². The Kier molecular flexibility index (Phi) is 9.29. The average Bonchev–Trinajstić information content (AvgIpc) is 2.60. The van der Waals surface area contributed by atoms with E-state index in [4.69, 9.17) is 9.47 Å². The Morgan fingerprint density at radius 3 is 2.32 bits per heavy atom. The van der Waals surface area contributed by atoms with Crippen LogP contribution in [0.5, 0.6) is 11.5 Å². The van der Waals surface area contributed by atoms with Gasteiger partial charge in [0.15, 0.2) is 18.1 Å². The van der Waals surface area contributed by atoms with Gasteiger partial charge < -0.3 is 20.1 Å². The van der Waals surface area contributed by atoms with Crippen LogP contribution < -0.4 is 20.1 Å². The molecule has 0 radical (unpaired) electrons. The molecular formula is C22H31ClN2O3. The summed E-state index contributed by atoms with van der Waals surface area (Å²) in [6, 6.07) is 14.2. The zero-order valence-electron chi connectivity index (χ0n) is 17.3. The minimum absolute atomic E-state index is 0. The second kappa shape index (κ2) is 10.9. The summed E-state index contributed by atoms with van der Waals surface area (Å²) in [6.07, 6.45) is 0. The van der Waals surface area contributed by atoms with Crippen LogP contribution in [-0.2, 0) is 17.9 Å². The normalized spacial score (nSPS) is 10.8. The van der Waals surface area contributed by atoms with Crippen molar-refractivity contribution < 1.29 is 14.3 Å². The predicted octanol–water partition coefficient (Wildman–Crippen LogP) is 4.01. The molecule has 0 aliphatic rings.